The maximum Gasteiger partial charge on any atom is 0.322 e. The van der Waals surface area contributed by atoms with Gasteiger partial charge < -0.3 is 14.9 Å². The largest absolute Gasteiger partial charge is 0.508 e. The first-order valence-corrected chi connectivity index (χ1v) is 6.61. The summed E-state index contributed by atoms with van der Waals surface area (Å²) in [7, 11) is 0. The van der Waals surface area contributed by atoms with Crippen LogP contribution in [-0.4, -0.2) is 22.2 Å². The molecule has 0 heterocycles. The van der Waals surface area contributed by atoms with Crippen LogP contribution in [0.5, 0.6) is 17.2 Å². The number of halogens is 1. The second-order valence-electron chi connectivity index (χ2n) is 4.44. The second-order valence-corrected chi connectivity index (χ2v) is 4.66. The minimum Gasteiger partial charge on any atom is -0.508 e. The highest BCUT2D eigenvalue weighted by molar-refractivity contribution is 6.14. The molecule has 0 aromatic heterocycles. The van der Waals surface area contributed by atoms with Crippen molar-refractivity contribution in [1.29, 1.82) is 0 Å². The molecule has 2 aromatic carbocycles. The van der Waals surface area contributed by atoms with Gasteiger partial charge in [-0.15, -0.1) is 0 Å². The molecule has 0 radical (unpaired) electrons. The molecule has 110 valence electrons. The lowest BCUT2D eigenvalue weighted by molar-refractivity contribution is -0.138. The third-order valence-corrected chi connectivity index (χ3v) is 3.13. The molecule has 6 heteroatoms. The molecule has 0 spiro atoms. The molecular weight excluding hydrogens is 294 g/mol. The van der Waals surface area contributed by atoms with Crippen LogP contribution in [0.2, 0.25) is 0 Å². The number of rotatable bonds is 6. The molecule has 5 nitrogen and oxygen atoms in total. The maximum atomic E-state index is 10.9. The van der Waals surface area contributed by atoms with Gasteiger partial charge in [-0.2, -0.15) is 0 Å². The Labute approximate surface area is 126 Å². The zero-order valence-corrected chi connectivity index (χ0v) is 11.7. The van der Waals surface area contributed by atoms with Gasteiger partial charge >= 0.3 is 5.97 Å². The molecule has 0 saturated heterocycles. The van der Waals surface area contributed by atoms with Gasteiger partial charge in [-0.1, -0.05) is 12.1 Å². The maximum absolute atomic E-state index is 10.9. The van der Waals surface area contributed by atoms with Gasteiger partial charge in [-0.25, -0.2) is 4.84 Å². The van der Waals surface area contributed by atoms with E-state index < -0.39 is 12.0 Å². The number of ether oxygens (including phenoxy) is 1. The van der Waals surface area contributed by atoms with Gasteiger partial charge in [0, 0.05) is 0 Å². The van der Waals surface area contributed by atoms with E-state index in [1.54, 1.807) is 36.4 Å². The van der Waals surface area contributed by atoms with Crippen molar-refractivity contribution in [2.75, 3.05) is 0 Å². The van der Waals surface area contributed by atoms with Gasteiger partial charge in [-0.3, -0.25) is 4.79 Å². The highest BCUT2D eigenvalue weighted by Crippen LogP contribution is 2.23. The van der Waals surface area contributed by atoms with Gasteiger partial charge in [0.1, 0.15) is 23.3 Å². The fourth-order valence-corrected chi connectivity index (χ4v) is 1.92. The average Bonchev–Trinajstić information content (AvgIpc) is 2.48. The predicted octanol–water partition coefficient (Wildman–Crippen LogP) is 2.92. The van der Waals surface area contributed by atoms with E-state index in [4.69, 9.17) is 21.6 Å². The van der Waals surface area contributed by atoms with Crippen LogP contribution in [0.15, 0.2) is 48.5 Å². The molecule has 0 fully saturated rings. The highest BCUT2D eigenvalue weighted by Gasteiger charge is 2.16. The Morgan fingerprint density at radius 1 is 1.10 bits per heavy atom. The van der Waals surface area contributed by atoms with E-state index in [2.05, 4.69) is 4.84 Å². The number of phenolic OH excluding ortho intramolecular Hbond substituents is 1. The lowest BCUT2D eigenvalue weighted by Crippen LogP contribution is -2.32. The summed E-state index contributed by atoms with van der Waals surface area (Å²) in [5.74, 6) is 0.391. The Morgan fingerprint density at radius 3 is 2.10 bits per heavy atom. The Bertz CT molecular complexity index is 598. The number of nitrogens with one attached hydrogen (secondary N) is 1. The topological polar surface area (TPSA) is 78.8 Å². The fraction of sp³-hybridized carbons (Fsp3) is 0.133. The number of benzene rings is 2. The van der Waals surface area contributed by atoms with Crippen molar-refractivity contribution < 1.29 is 19.7 Å². The minimum atomic E-state index is -1.01. The molecule has 2 aromatic rings. The van der Waals surface area contributed by atoms with E-state index >= 15 is 0 Å². The summed E-state index contributed by atoms with van der Waals surface area (Å²) in [6.07, 6.45) is 0.276. The molecule has 3 N–H and O–H groups in total. The quantitative estimate of drug-likeness (QED) is 0.715. The van der Waals surface area contributed by atoms with Crippen molar-refractivity contribution in [3.8, 4) is 17.2 Å². The number of carboxylic acid groups (broad SMARTS) is 1. The number of aliphatic carboxylic acids is 1. The van der Waals surface area contributed by atoms with Crippen molar-refractivity contribution in [3.63, 3.8) is 0 Å². The molecule has 21 heavy (non-hydrogen) atoms. The molecule has 0 aliphatic rings. The first kappa shape index (κ1) is 15.2. The van der Waals surface area contributed by atoms with E-state index in [1.807, 2.05) is 0 Å². The van der Waals surface area contributed by atoms with Crippen LogP contribution in [0.3, 0.4) is 0 Å². The molecular formula is C15H14ClNO4. The van der Waals surface area contributed by atoms with E-state index in [0.29, 0.717) is 11.5 Å². The smallest absolute Gasteiger partial charge is 0.322 e. The molecule has 1 unspecified atom stereocenters. The average molecular weight is 308 g/mol. The van der Waals surface area contributed by atoms with Gasteiger partial charge in [-0.05, 0) is 60.2 Å². The zero-order valence-electron chi connectivity index (χ0n) is 11.0. The summed E-state index contributed by atoms with van der Waals surface area (Å²) < 4.78 is 5.60. The van der Waals surface area contributed by atoms with Crippen LogP contribution in [-0.2, 0) is 11.2 Å². The zero-order chi connectivity index (χ0) is 15.2. The number of carboxylic acids is 1. The molecule has 0 amide bonds. The molecule has 0 saturated carbocycles. The normalized spacial score (nSPS) is 11.9. The van der Waals surface area contributed by atoms with Crippen molar-refractivity contribution in [1.82, 2.24) is 4.84 Å². The second kappa shape index (κ2) is 6.97. The van der Waals surface area contributed by atoms with Gasteiger partial charge in [0.2, 0.25) is 0 Å². The highest BCUT2D eigenvalue weighted by atomic mass is 35.5. The molecule has 1 atom stereocenters. The fourth-order valence-electron chi connectivity index (χ4n) is 1.75. The molecule has 0 aliphatic heterocycles. The van der Waals surface area contributed by atoms with Crippen LogP contribution in [0, 0.1) is 0 Å². The number of hydrogen-bond donors (Lipinski definition) is 3. The summed E-state index contributed by atoms with van der Waals surface area (Å²) in [6.45, 7) is 0. The third-order valence-electron chi connectivity index (χ3n) is 2.87. The number of phenols is 1. The van der Waals surface area contributed by atoms with Crippen LogP contribution >= 0.6 is 11.8 Å². The predicted molar refractivity (Wildman–Crippen MR) is 78.7 cm³/mol. The molecule has 0 aliphatic carbocycles. The summed E-state index contributed by atoms with van der Waals surface area (Å²) in [6, 6.07) is 12.6. The van der Waals surface area contributed by atoms with E-state index in [1.165, 1.54) is 12.1 Å². The first-order chi connectivity index (χ1) is 10.1. The lowest BCUT2D eigenvalue weighted by Gasteiger charge is -2.10. The van der Waals surface area contributed by atoms with Crippen LogP contribution in [0.25, 0.3) is 0 Å². The first-order valence-electron chi connectivity index (χ1n) is 6.23. The monoisotopic (exact) mass is 307 g/mol. The van der Waals surface area contributed by atoms with Crippen LogP contribution in [0.1, 0.15) is 5.56 Å². The molecule has 2 rings (SSSR count). The summed E-state index contributed by atoms with van der Waals surface area (Å²) in [5, 5.41) is 18.1. The van der Waals surface area contributed by atoms with Gasteiger partial charge in [0.25, 0.3) is 0 Å². The Morgan fingerprint density at radius 2 is 1.62 bits per heavy atom. The van der Waals surface area contributed by atoms with Crippen LogP contribution < -0.4 is 9.57 Å². The van der Waals surface area contributed by atoms with Crippen molar-refractivity contribution in [3.05, 3.63) is 54.1 Å². The van der Waals surface area contributed by atoms with Crippen molar-refractivity contribution >= 4 is 17.7 Å². The van der Waals surface area contributed by atoms with E-state index in [-0.39, 0.29) is 12.2 Å². The minimum absolute atomic E-state index is 0.172. The van der Waals surface area contributed by atoms with Crippen LogP contribution in [0.4, 0.5) is 0 Å². The summed E-state index contributed by atoms with van der Waals surface area (Å²) in [5.41, 5.74) is 0.827. The third kappa shape index (κ3) is 4.37. The van der Waals surface area contributed by atoms with E-state index in [9.17, 15) is 9.90 Å². The summed E-state index contributed by atoms with van der Waals surface area (Å²) in [4.78, 5) is 13.1. The standard InChI is InChI=1S/C15H14ClNO4/c16-17-14(15(19)20)9-10-1-5-12(6-2-10)21-13-7-3-11(18)4-8-13/h1-8,14,17-18H,9H2,(H,19,20). The molecule has 0 bridgehead atoms. The van der Waals surface area contributed by atoms with Crippen molar-refractivity contribution in [2.45, 2.75) is 12.5 Å². The Hall–Kier alpha value is -2.24. The number of aromatic hydroxyl groups is 1. The lowest BCUT2D eigenvalue weighted by atomic mass is 10.1. The Balaban J connectivity index is 2.01. The van der Waals surface area contributed by atoms with E-state index in [0.717, 1.165) is 5.56 Å². The van der Waals surface area contributed by atoms with Gasteiger partial charge in [0.15, 0.2) is 0 Å². The Kier molecular flexibility index (Phi) is 5.03. The van der Waals surface area contributed by atoms with Gasteiger partial charge in [0.05, 0.1) is 0 Å². The SMILES string of the molecule is O=C(O)C(Cc1ccc(Oc2ccc(O)cc2)cc1)NCl. The number of carbonyl (C=O) groups is 1. The summed E-state index contributed by atoms with van der Waals surface area (Å²) >= 11 is 5.39. The number of hydrogen-bond acceptors (Lipinski definition) is 4. The van der Waals surface area contributed by atoms with Crippen molar-refractivity contribution in [2.24, 2.45) is 0 Å².